The Balaban J connectivity index is 2.16. The van der Waals surface area contributed by atoms with Gasteiger partial charge >= 0.3 is 5.97 Å². The highest BCUT2D eigenvalue weighted by Gasteiger charge is 2.02. The number of rotatable bonds is 6. The van der Waals surface area contributed by atoms with Crippen LogP contribution < -0.4 is 0 Å². The molecule has 0 aliphatic carbocycles. The number of aromatic nitrogens is 2. The molecule has 0 bridgehead atoms. The van der Waals surface area contributed by atoms with E-state index in [9.17, 15) is 4.79 Å². The largest absolute Gasteiger partial charge is 0.466 e. The predicted octanol–water partition coefficient (Wildman–Crippen LogP) is 1.92. The molecule has 0 N–H and O–H groups in total. The highest BCUT2D eigenvalue weighted by molar-refractivity contribution is 5.69. The van der Waals surface area contributed by atoms with Gasteiger partial charge in [0.05, 0.1) is 25.0 Å². The number of nitrogens with zero attached hydrogens (tertiary/aromatic N) is 2. The Kier molecular flexibility index (Phi) is 4.87. The van der Waals surface area contributed by atoms with E-state index in [0.29, 0.717) is 19.6 Å². The molecule has 0 aromatic carbocycles. The third-order valence-electron chi connectivity index (χ3n) is 2.10. The van der Waals surface area contributed by atoms with Crippen molar-refractivity contribution in [1.82, 2.24) is 9.55 Å². The van der Waals surface area contributed by atoms with Crippen LogP contribution in [-0.2, 0) is 16.1 Å². The number of carbonyl (C=O) groups excluding carboxylic acids is 1. The summed E-state index contributed by atoms with van der Waals surface area (Å²) in [6.07, 6.45) is 6.05. The Morgan fingerprint density at radius 3 is 3.00 bits per heavy atom. The van der Waals surface area contributed by atoms with Crippen LogP contribution in [-0.4, -0.2) is 22.1 Å². The molecule has 4 nitrogen and oxygen atoms in total. The van der Waals surface area contributed by atoms with E-state index in [1.165, 1.54) is 0 Å². The second-order valence-electron chi connectivity index (χ2n) is 3.58. The Labute approximate surface area is 90.3 Å². The number of hydrogen-bond donors (Lipinski definition) is 0. The van der Waals surface area contributed by atoms with Crippen molar-refractivity contribution < 1.29 is 9.53 Å². The van der Waals surface area contributed by atoms with Crippen molar-refractivity contribution in [3.05, 3.63) is 18.2 Å². The fraction of sp³-hybridized carbons (Fsp3) is 0.636. The fourth-order valence-electron chi connectivity index (χ4n) is 1.22. The van der Waals surface area contributed by atoms with Crippen LogP contribution in [0.2, 0.25) is 0 Å². The summed E-state index contributed by atoms with van der Waals surface area (Å²) in [5.41, 5.74) is 0.967. The number of imidazole rings is 1. The van der Waals surface area contributed by atoms with Gasteiger partial charge in [0.25, 0.3) is 0 Å². The first-order valence-corrected chi connectivity index (χ1v) is 5.36. The molecule has 0 aliphatic heterocycles. The molecule has 0 saturated heterocycles. The molecule has 0 spiro atoms. The summed E-state index contributed by atoms with van der Waals surface area (Å²) in [5.74, 6) is -0.130. The Hall–Kier alpha value is -1.32. The number of carbonyl (C=O) groups is 1. The molecule has 0 aliphatic rings. The van der Waals surface area contributed by atoms with Gasteiger partial charge in [0.1, 0.15) is 0 Å². The fourth-order valence-corrected chi connectivity index (χ4v) is 1.22. The van der Waals surface area contributed by atoms with Crippen LogP contribution in [0.15, 0.2) is 12.5 Å². The molecular formula is C11H18N2O2. The van der Waals surface area contributed by atoms with Gasteiger partial charge in [-0.1, -0.05) is 13.3 Å². The van der Waals surface area contributed by atoms with Gasteiger partial charge in [0, 0.05) is 12.7 Å². The van der Waals surface area contributed by atoms with Gasteiger partial charge in [-0.15, -0.1) is 0 Å². The number of unbranched alkanes of at least 4 members (excludes halogenated alkanes) is 1. The van der Waals surface area contributed by atoms with E-state index in [-0.39, 0.29) is 5.97 Å². The normalized spacial score (nSPS) is 10.3. The van der Waals surface area contributed by atoms with Crippen molar-refractivity contribution in [1.29, 1.82) is 0 Å². The lowest BCUT2D eigenvalue weighted by Gasteiger charge is -2.03. The third-order valence-corrected chi connectivity index (χ3v) is 2.10. The van der Waals surface area contributed by atoms with E-state index in [0.717, 1.165) is 18.5 Å². The minimum absolute atomic E-state index is 0.130. The molecule has 84 valence electrons. The lowest BCUT2D eigenvalue weighted by Crippen LogP contribution is -2.09. The van der Waals surface area contributed by atoms with Crippen molar-refractivity contribution in [2.75, 3.05) is 6.61 Å². The van der Waals surface area contributed by atoms with E-state index in [4.69, 9.17) is 4.74 Å². The highest BCUT2D eigenvalue weighted by atomic mass is 16.5. The lowest BCUT2D eigenvalue weighted by atomic mass is 10.3. The van der Waals surface area contributed by atoms with E-state index in [2.05, 4.69) is 11.9 Å². The van der Waals surface area contributed by atoms with Crippen LogP contribution in [0.3, 0.4) is 0 Å². The number of hydrogen-bond acceptors (Lipinski definition) is 3. The van der Waals surface area contributed by atoms with Gasteiger partial charge in [0.2, 0.25) is 0 Å². The molecule has 0 amide bonds. The monoisotopic (exact) mass is 210 g/mol. The average Bonchev–Trinajstić information content (AvgIpc) is 2.62. The second-order valence-corrected chi connectivity index (χ2v) is 3.58. The zero-order valence-corrected chi connectivity index (χ0v) is 9.40. The summed E-state index contributed by atoms with van der Waals surface area (Å²) < 4.78 is 6.94. The van der Waals surface area contributed by atoms with Gasteiger partial charge in [-0.2, -0.15) is 0 Å². The van der Waals surface area contributed by atoms with E-state index in [1.807, 2.05) is 17.7 Å². The maximum absolute atomic E-state index is 11.2. The van der Waals surface area contributed by atoms with Gasteiger partial charge in [0.15, 0.2) is 0 Å². The molecule has 1 heterocycles. The SMILES string of the molecule is CCCCOC(=O)CCn1cnc(C)c1. The standard InChI is InChI=1S/C11H18N2O2/c1-3-4-7-15-11(14)5-6-13-8-10(2)12-9-13/h8-9H,3-7H2,1-2H3. The quantitative estimate of drug-likeness (QED) is 0.532. The lowest BCUT2D eigenvalue weighted by molar-refractivity contribution is -0.144. The van der Waals surface area contributed by atoms with Crippen LogP contribution in [0, 0.1) is 6.92 Å². The first-order chi connectivity index (χ1) is 7.22. The molecule has 0 unspecified atom stereocenters. The molecule has 0 fully saturated rings. The Morgan fingerprint density at radius 2 is 2.40 bits per heavy atom. The van der Waals surface area contributed by atoms with Gasteiger partial charge in [-0.05, 0) is 13.3 Å². The van der Waals surface area contributed by atoms with E-state index < -0.39 is 0 Å². The molecular weight excluding hydrogens is 192 g/mol. The molecule has 0 atom stereocenters. The Bertz CT molecular complexity index is 307. The van der Waals surface area contributed by atoms with E-state index in [1.54, 1.807) is 6.33 Å². The summed E-state index contributed by atoms with van der Waals surface area (Å²) in [6.45, 7) is 5.18. The molecule has 15 heavy (non-hydrogen) atoms. The maximum Gasteiger partial charge on any atom is 0.307 e. The third kappa shape index (κ3) is 4.63. The van der Waals surface area contributed by atoms with Crippen LogP contribution in [0.25, 0.3) is 0 Å². The average molecular weight is 210 g/mol. The number of ether oxygens (including phenoxy) is 1. The highest BCUT2D eigenvalue weighted by Crippen LogP contribution is 1.98. The molecule has 1 rings (SSSR count). The molecule has 4 heteroatoms. The summed E-state index contributed by atoms with van der Waals surface area (Å²) in [7, 11) is 0. The smallest absolute Gasteiger partial charge is 0.307 e. The number of aryl methyl sites for hydroxylation is 2. The summed E-state index contributed by atoms with van der Waals surface area (Å²) in [5, 5.41) is 0. The van der Waals surface area contributed by atoms with E-state index >= 15 is 0 Å². The number of esters is 1. The van der Waals surface area contributed by atoms with Gasteiger partial charge in [-0.3, -0.25) is 4.79 Å². The molecule has 0 saturated carbocycles. The molecule has 1 aromatic rings. The molecule has 1 aromatic heterocycles. The van der Waals surface area contributed by atoms with Gasteiger partial charge < -0.3 is 9.30 Å². The summed E-state index contributed by atoms with van der Waals surface area (Å²) in [6, 6.07) is 0. The van der Waals surface area contributed by atoms with Crippen LogP contribution >= 0.6 is 0 Å². The summed E-state index contributed by atoms with van der Waals surface area (Å²) >= 11 is 0. The van der Waals surface area contributed by atoms with Crippen LogP contribution in [0.4, 0.5) is 0 Å². The van der Waals surface area contributed by atoms with Crippen molar-refractivity contribution in [3.63, 3.8) is 0 Å². The Morgan fingerprint density at radius 1 is 1.60 bits per heavy atom. The van der Waals surface area contributed by atoms with Crippen molar-refractivity contribution in [3.8, 4) is 0 Å². The second kappa shape index (κ2) is 6.22. The van der Waals surface area contributed by atoms with Crippen molar-refractivity contribution >= 4 is 5.97 Å². The van der Waals surface area contributed by atoms with Crippen molar-refractivity contribution in [2.24, 2.45) is 0 Å². The first-order valence-electron chi connectivity index (χ1n) is 5.36. The predicted molar refractivity (Wildman–Crippen MR) is 57.4 cm³/mol. The zero-order chi connectivity index (χ0) is 11.1. The zero-order valence-electron chi connectivity index (χ0n) is 9.40. The van der Waals surface area contributed by atoms with Crippen LogP contribution in [0.5, 0.6) is 0 Å². The topological polar surface area (TPSA) is 44.1 Å². The minimum atomic E-state index is -0.130. The molecule has 0 radical (unpaired) electrons. The van der Waals surface area contributed by atoms with Crippen molar-refractivity contribution in [2.45, 2.75) is 39.7 Å². The van der Waals surface area contributed by atoms with Crippen LogP contribution in [0.1, 0.15) is 31.9 Å². The maximum atomic E-state index is 11.2. The minimum Gasteiger partial charge on any atom is -0.466 e. The van der Waals surface area contributed by atoms with Gasteiger partial charge in [-0.25, -0.2) is 4.98 Å². The first kappa shape index (κ1) is 11.8. The summed E-state index contributed by atoms with van der Waals surface area (Å²) in [4.78, 5) is 15.3.